The molecule has 1 aliphatic heterocycles. The van der Waals surface area contributed by atoms with Gasteiger partial charge in [-0.05, 0) is 45.0 Å². The number of hydrogen-bond acceptors (Lipinski definition) is 6. The molecule has 0 N–H and O–H groups in total. The highest BCUT2D eigenvalue weighted by Crippen LogP contribution is 2.27. The largest absolute Gasteiger partial charge is 0.444 e. The van der Waals surface area contributed by atoms with Gasteiger partial charge in [0.15, 0.2) is 11.5 Å². The number of nitrogens with zero attached hydrogens (tertiary/aromatic N) is 6. The van der Waals surface area contributed by atoms with Gasteiger partial charge in [0.05, 0.1) is 18.4 Å². The van der Waals surface area contributed by atoms with Crippen molar-refractivity contribution < 1.29 is 4.42 Å². The summed E-state index contributed by atoms with van der Waals surface area (Å²) in [7, 11) is 0. The average molecular weight is 340 g/mol. The second kappa shape index (κ2) is 6.55. The van der Waals surface area contributed by atoms with Crippen LogP contribution in [0, 0.1) is 6.92 Å². The Balaban J connectivity index is 1.41. The van der Waals surface area contributed by atoms with Crippen LogP contribution in [0.25, 0.3) is 5.65 Å². The number of rotatable bonds is 4. The van der Waals surface area contributed by atoms with E-state index < -0.39 is 0 Å². The van der Waals surface area contributed by atoms with Gasteiger partial charge < -0.3 is 4.42 Å². The molecule has 132 valence electrons. The molecular formula is C18H24N6O. The van der Waals surface area contributed by atoms with Crippen LogP contribution < -0.4 is 0 Å². The molecule has 0 unspecified atom stereocenters. The summed E-state index contributed by atoms with van der Waals surface area (Å²) in [5.74, 6) is 3.53. The zero-order valence-electron chi connectivity index (χ0n) is 15.0. The third-order valence-electron chi connectivity index (χ3n) is 4.87. The van der Waals surface area contributed by atoms with Gasteiger partial charge in [-0.25, -0.2) is 4.98 Å². The molecule has 1 saturated heterocycles. The van der Waals surface area contributed by atoms with Crippen LogP contribution in [0.15, 0.2) is 22.7 Å². The third-order valence-corrected chi connectivity index (χ3v) is 4.87. The second-order valence-corrected chi connectivity index (χ2v) is 7.16. The summed E-state index contributed by atoms with van der Waals surface area (Å²) in [5, 5.41) is 13.2. The quantitative estimate of drug-likeness (QED) is 0.727. The molecule has 25 heavy (non-hydrogen) atoms. The van der Waals surface area contributed by atoms with Crippen molar-refractivity contribution in [3.8, 4) is 0 Å². The zero-order chi connectivity index (χ0) is 17.4. The van der Waals surface area contributed by atoms with Gasteiger partial charge in [-0.3, -0.25) is 4.90 Å². The Kier molecular flexibility index (Phi) is 4.25. The first kappa shape index (κ1) is 16.2. The molecule has 0 radical (unpaired) electrons. The van der Waals surface area contributed by atoms with Gasteiger partial charge in [0.1, 0.15) is 5.76 Å². The molecule has 0 saturated carbocycles. The molecule has 0 amide bonds. The molecule has 0 aromatic carbocycles. The predicted octanol–water partition coefficient (Wildman–Crippen LogP) is 2.92. The number of oxazole rings is 1. The minimum atomic E-state index is 0.379. The van der Waals surface area contributed by atoms with Crippen LogP contribution >= 0.6 is 0 Å². The minimum Gasteiger partial charge on any atom is -0.444 e. The van der Waals surface area contributed by atoms with E-state index in [0.717, 1.165) is 61.3 Å². The molecule has 0 aliphatic carbocycles. The molecule has 1 aliphatic rings. The van der Waals surface area contributed by atoms with Crippen molar-refractivity contribution in [2.75, 3.05) is 13.1 Å². The monoisotopic (exact) mass is 340 g/mol. The summed E-state index contributed by atoms with van der Waals surface area (Å²) in [5.41, 5.74) is 1.81. The summed E-state index contributed by atoms with van der Waals surface area (Å²) in [4.78, 5) is 6.80. The first-order valence-electron chi connectivity index (χ1n) is 8.96. The van der Waals surface area contributed by atoms with Crippen LogP contribution in [0.4, 0.5) is 0 Å². The highest BCUT2D eigenvalue weighted by atomic mass is 16.4. The first-order chi connectivity index (χ1) is 12.1. The summed E-state index contributed by atoms with van der Waals surface area (Å²) in [6, 6.07) is 3.95. The molecule has 3 aromatic rings. The van der Waals surface area contributed by atoms with Crippen LogP contribution in [0.1, 0.15) is 61.7 Å². The molecular weight excluding hydrogens is 316 g/mol. The van der Waals surface area contributed by atoms with Crippen LogP contribution in [-0.2, 0) is 6.54 Å². The number of likely N-dealkylation sites (tertiary alicyclic amines) is 1. The lowest BCUT2D eigenvalue weighted by Gasteiger charge is -2.29. The molecule has 4 heterocycles. The smallest absolute Gasteiger partial charge is 0.208 e. The molecule has 7 heteroatoms. The van der Waals surface area contributed by atoms with Crippen molar-refractivity contribution in [3.05, 3.63) is 41.5 Å². The summed E-state index contributed by atoms with van der Waals surface area (Å²) in [6.45, 7) is 9.02. The van der Waals surface area contributed by atoms with E-state index in [9.17, 15) is 0 Å². The lowest BCUT2D eigenvalue weighted by molar-refractivity contribution is 0.183. The van der Waals surface area contributed by atoms with Gasteiger partial charge in [-0.15, -0.1) is 10.2 Å². The first-order valence-corrected chi connectivity index (χ1v) is 8.96. The van der Waals surface area contributed by atoms with E-state index >= 15 is 0 Å². The van der Waals surface area contributed by atoms with E-state index in [1.165, 1.54) is 0 Å². The van der Waals surface area contributed by atoms with Crippen molar-refractivity contribution >= 4 is 5.65 Å². The average Bonchev–Trinajstić information content (AvgIpc) is 3.22. The Hall–Kier alpha value is -2.28. The Morgan fingerprint density at radius 3 is 2.72 bits per heavy atom. The van der Waals surface area contributed by atoms with Crippen molar-refractivity contribution in [2.45, 2.75) is 52.0 Å². The van der Waals surface area contributed by atoms with E-state index in [4.69, 9.17) is 4.42 Å². The lowest BCUT2D eigenvalue weighted by atomic mass is 9.96. The van der Waals surface area contributed by atoms with Crippen molar-refractivity contribution in [1.29, 1.82) is 0 Å². The number of aromatic nitrogens is 5. The van der Waals surface area contributed by atoms with E-state index in [-0.39, 0.29) is 0 Å². The molecule has 0 spiro atoms. The SMILES string of the molecule is Cc1ccc2nnc(C3CCN(Cc4ncc(C(C)C)o4)CC3)n2n1. The standard InChI is InChI=1S/C18H24N6O/c1-12(2)15-10-19-17(25-15)11-23-8-6-14(7-9-23)18-21-20-16-5-4-13(3)22-24(16)18/h4-5,10,12,14H,6-9,11H2,1-3H3. The van der Waals surface area contributed by atoms with Crippen LogP contribution in [-0.4, -0.2) is 42.8 Å². The highest BCUT2D eigenvalue weighted by Gasteiger charge is 2.26. The van der Waals surface area contributed by atoms with E-state index in [0.29, 0.717) is 11.8 Å². The second-order valence-electron chi connectivity index (χ2n) is 7.16. The van der Waals surface area contributed by atoms with E-state index in [1.807, 2.05) is 29.8 Å². The molecule has 4 rings (SSSR count). The maximum absolute atomic E-state index is 5.83. The summed E-state index contributed by atoms with van der Waals surface area (Å²) in [6.07, 6.45) is 3.95. The number of hydrogen-bond donors (Lipinski definition) is 0. The highest BCUT2D eigenvalue weighted by molar-refractivity contribution is 5.36. The van der Waals surface area contributed by atoms with Crippen molar-refractivity contribution in [1.82, 2.24) is 29.7 Å². The summed E-state index contributed by atoms with van der Waals surface area (Å²) >= 11 is 0. The maximum atomic E-state index is 5.83. The molecule has 0 bridgehead atoms. The molecule has 7 nitrogen and oxygen atoms in total. The molecule has 1 fully saturated rings. The normalized spacial score (nSPS) is 17.0. The van der Waals surface area contributed by atoms with E-state index in [1.54, 1.807) is 0 Å². The third kappa shape index (κ3) is 3.28. The lowest BCUT2D eigenvalue weighted by Crippen LogP contribution is -2.33. The fourth-order valence-corrected chi connectivity index (χ4v) is 3.36. The molecule has 3 aromatic heterocycles. The van der Waals surface area contributed by atoms with Gasteiger partial charge in [-0.2, -0.15) is 9.61 Å². The van der Waals surface area contributed by atoms with Crippen molar-refractivity contribution in [2.24, 2.45) is 0 Å². The Labute approximate surface area is 147 Å². The fraction of sp³-hybridized carbons (Fsp3) is 0.556. The van der Waals surface area contributed by atoms with Crippen molar-refractivity contribution in [3.63, 3.8) is 0 Å². The van der Waals surface area contributed by atoms with Gasteiger partial charge in [0.2, 0.25) is 5.89 Å². The Morgan fingerprint density at radius 2 is 2.00 bits per heavy atom. The molecule has 0 atom stereocenters. The van der Waals surface area contributed by atoms with Crippen LogP contribution in [0.3, 0.4) is 0 Å². The van der Waals surface area contributed by atoms with Gasteiger partial charge in [-0.1, -0.05) is 13.8 Å². The number of fused-ring (bicyclic) bond motifs is 1. The minimum absolute atomic E-state index is 0.379. The van der Waals surface area contributed by atoms with Gasteiger partial charge >= 0.3 is 0 Å². The number of aryl methyl sites for hydroxylation is 1. The van der Waals surface area contributed by atoms with Gasteiger partial charge in [0.25, 0.3) is 0 Å². The topological polar surface area (TPSA) is 72.4 Å². The van der Waals surface area contributed by atoms with Crippen LogP contribution in [0.5, 0.6) is 0 Å². The fourth-order valence-electron chi connectivity index (χ4n) is 3.36. The maximum Gasteiger partial charge on any atom is 0.208 e. The predicted molar refractivity (Wildman–Crippen MR) is 93.4 cm³/mol. The Bertz CT molecular complexity index is 859. The summed E-state index contributed by atoms with van der Waals surface area (Å²) < 4.78 is 7.73. The van der Waals surface area contributed by atoms with Gasteiger partial charge in [0, 0.05) is 11.8 Å². The number of piperidine rings is 1. The zero-order valence-corrected chi connectivity index (χ0v) is 15.0. The van der Waals surface area contributed by atoms with E-state index in [2.05, 4.69) is 39.0 Å². The Morgan fingerprint density at radius 1 is 1.20 bits per heavy atom. The van der Waals surface area contributed by atoms with Crippen LogP contribution in [0.2, 0.25) is 0 Å².